The van der Waals surface area contributed by atoms with Gasteiger partial charge in [-0.3, -0.25) is 9.78 Å². The zero-order chi connectivity index (χ0) is 18.7. The van der Waals surface area contributed by atoms with E-state index in [9.17, 15) is 13.2 Å². The van der Waals surface area contributed by atoms with Gasteiger partial charge in [-0.2, -0.15) is 0 Å². The van der Waals surface area contributed by atoms with E-state index in [1.54, 1.807) is 25.4 Å². The summed E-state index contributed by atoms with van der Waals surface area (Å²) in [5.41, 5.74) is 2.57. The van der Waals surface area contributed by atoms with Crippen LogP contribution in [0.25, 0.3) is 0 Å². The van der Waals surface area contributed by atoms with Crippen molar-refractivity contribution in [2.24, 2.45) is 0 Å². The number of nitrogens with one attached hydrogen (secondary N) is 2. The Morgan fingerprint density at radius 3 is 2.77 bits per heavy atom. The number of benzene rings is 1. The fourth-order valence-corrected chi connectivity index (χ4v) is 4.57. The van der Waals surface area contributed by atoms with Crippen molar-refractivity contribution in [3.63, 3.8) is 0 Å². The molecule has 1 atom stereocenters. The molecule has 0 aliphatic carbocycles. The molecule has 1 saturated heterocycles. The summed E-state index contributed by atoms with van der Waals surface area (Å²) < 4.78 is 28.4. The van der Waals surface area contributed by atoms with Gasteiger partial charge in [0, 0.05) is 18.4 Å². The normalized spacial score (nSPS) is 18.3. The van der Waals surface area contributed by atoms with Crippen molar-refractivity contribution in [2.45, 2.75) is 19.4 Å². The van der Waals surface area contributed by atoms with Crippen molar-refractivity contribution in [1.29, 1.82) is 0 Å². The minimum Gasteiger partial charge on any atom is -0.495 e. The number of anilines is 2. The van der Waals surface area contributed by atoms with Gasteiger partial charge in [-0.05, 0) is 37.1 Å². The summed E-state index contributed by atoms with van der Waals surface area (Å²) in [4.78, 5) is 16.6. The van der Waals surface area contributed by atoms with Crippen molar-refractivity contribution in [3.05, 3.63) is 47.8 Å². The first-order chi connectivity index (χ1) is 12.4. The molecule has 0 radical (unpaired) electrons. The number of amides is 1. The molecule has 1 aliphatic heterocycles. The van der Waals surface area contributed by atoms with E-state index in [0.29, 0.717) is 29.1 Å². The Bertz CT molecular complexity index is 928. The Balaban J connectivity index is 1.73. The van der Waals surface area contributed by atoms with Gasteiger partial charge in [0.1, 0.15) is 5.75 Å². The van der Waals surface area contributed by atoms with Crippen molar-refractivity contribution in [2.75, 3.05) is 29.2 Å². The monoisotopic (exact) mass is 375 g/mol. The molecule has 0 spiro atoms. The number of aryl methyl sites for hydroxylation is 1. The minimum absolute atomic E-state index is 0.101. The van der Waals surface area contributed by atoms with Crippen LogP contribution in [0.2, 0.25) is 0 Å². The van der Waals surface area contributed by atoms with Gasteiger partial charge in [0.25, 0.3) is 5.91 Å². The highest BCUT2D eigenvalue weighted by atomic mass is 32.2. The summed E-state index contributed by atoms with van der Waals surface area (Å²) in [6.07, 6.45) is 3.60. The van der Waals surface area contributed by atoms with E-state index in [1.807, 2.05) is 19.1 Å². The first kappa shape index (κ1) is 18.2. The summed E-state index contributed by atoms with van der Waals surface area (Å²) in [6, 6.07) is 7.03. The Hall–Kier alpha value is -2.61. The highest BCUT2D eigenvalue weighted by Crippen LogP contribution is 2.26. The van der Waals surface area contributed by atoms with Crippen molar-refractivity contribution >= 4 is 27.1 Å². The SMILES string of the molecule is COc1ccc(C)cc1NC(=O)c1cncc(NC2CCS(=O)(=O)C2)c1. The molecule has 1 unspecified atom stereocenters. The molecule has 7 nitrogen and oxygen atoms in total. The average Bonchev–Trinajstić information content (AvgIpc) is 2.94. The third-order valence-corrected chi connectivity index (χ3v) is 5.97. The highest BCUT2D eigenvalue weighted by Gasteiger charge is 2.27. The molecule has 3 rings (SSSR count). The maximum absolute atomic E-state index is 12.6. The molecule has 26 heavy (non-hydrogen) atoms. The Labute approximate surface area is 152 Å². The first-order valence-electron chi connectivity index (χ1n) is 8.24. The quantitative estimate of drug-likeness (QED) is 0.832. The summed E-state index contributed by atoms with van der Waals surface area (Å²) >= 11 is 0. The number of ether oxygens (including phenoxy) is 1. The smallest absolute Gasteiger partial charge is 0.257 e. The Morgan fingerprint density at radius 2 is 2.08 bits per heavy atom. The second-order valence-corrected chi connectivity index (χ2v) is 8.59. The van der Waals surface area contributed by atoms with Crippen molar-refractivity contribution in [3.8, 4) is 5.75 Å². The molecule has 0 bridgehead atoms. The standard InChI is InChI=1S/C18H21N3O4S/c1-12-3-4-17(25-2)16(7-12)21-18(22)13-8-15(10-19-9-13)20-14-5-6-26(23,24)11-14/h3-4,7-10,14,20H,5-6,11H2,1-2H3,(H,21,22). The zero-order valence-corrected chi connectivity index (χ0v) is 15.5. The lowest BCUT2D eigenvalue weighted by atomic mass is 10.2. The maximum Gasteiger partial charge on any atom is 0.257 e. The van der Waals surface area contributed by atoms with Gasteiger partial charge in [-0.1, -0.05) is 6.07 Å². The van der Waals surface area contributed by atoms with Crippen LogP contribution in [0.3, 0.4) is 0 Å². The second-order valence-electron chi connectivity index (χ2n) is 6.36. The third kappa shape index (κ3) is 4.32. The number of pyridine rings is 1. The number of nitrogens with zero attached hydrogens (tertiary/aromatic N) is 1. The number of carbonyl (C=O) groups excluding carboxylic acids is 1. The van der Waals surface area contributed by atoms with Crippen LogP contribution in [0.5, 0.6) is 5.75 Å². The largest absolute Gasteiger partial charge is 0.495 e. The Kier molecular flexibility index (Phi) is 5.13. The van der Waals surface area contributed by atoms with E-state index in [1.165, 1.54) is 6.20 Å². The number of hydrogen-bond acceptors (Lipinski definition) is 6. The average molecular weight is 375 g/mol. The predicted octanol–water partition coefficient (Wildman–Crippen LogP) is 2.25. The number of methoxy groups -OCH3 is 1. The van der Waals surface area contributed by atoms with Gasteiger partial charge in [-0.25, -0.2) is 8.42 Å². The lowest BCUT2D eigenvalue weighted by Gasteiger charge is -2.14. The van der Waals surface area contributed by atoms with E-state index >= 15 is 0 Å². The molecule has 2 aromatic rings. The highest BCUT2D eigenvalue weighted by molar-refractivity contribution is 7.91. The first-order valence-corrected chi connectivity index (χ1v) is 10.1. The van der Waals surface area contributed by atoms with Crippen LogP contribution in [0.1, 0.15) is 22.3 Å². The predicted molar refractivity (Wildman–Crippen MR) is 101 cm³/mol. The van der Waals surface area contributed by atoms with Crippen LogP contribution < -0.4 is 15.4 Å². The molecular formula is C18H21N3O4S. The maximum atomic E-state index is 12.6. The fourth-order valence-electron chi connectivity index (χ4n) is 2.90. The molecule has 138 valence electrons. The molecule has 0 saturated carbocycles. The minimum atomic E-state index is -2.97. The summed E-state index contributed by atoms with van der Waals surface area (Å²) in [5.74, 6) is 0.543. The van der Waals surface area contributed by atoms with Gasteiger partial charge in [0.05, 0.1) is 35.6 Å². The number of rotatable bonds is 5. The van der Waals surface area contributed by atoms with Gasteiger partial charge >= 0.3 is 0 Å². The van der Waals surface area contributed by atoms with Crippen LogP contribution in [0.15, 0.2) is 36.7 Å². The third-order valence-electron chi connectivity index (χ3n) is 4.21. The Morgan fingerprint density at radius 1 is 1.27 bits per heavy atom. The topological polar surface area (TPSA) is 97.4 Å². The van der Waals surface area contributed by atoms with Crippen LogP contribution in [-0.4, -0.2) is 44.0 Å². The summed E-state index contributed by atoms with van der Waals surface area (Å²) in [6.45, 7) is 1.93. The summed E-state index contributed by atoms with van der Waals surface area (Å²) in [5, 5.41) is 5.97. The molecule has 2 N–H and O–H groups in total. The van der Waals surface area contributed by atoms with Crippen LogP contribution >= 0.6 is 0 Å². The van der Waals surface area contributed by atoms with E-state index in [0.717, 1.165) is 5.56 Å². The van der Waals surface area contributed by atoms with Crippen molar-refractivity contribution in [1.82, 2.24) is 4.98 Å². The number of sulfone groups is 1. The van der Waals surface area contributed by atoms with E-state index in [4.69, 9.17) is 4.74 Å². The number of aromatic nitrogens is 1. The van der Waals surface area contributed by atoms with Crippen LogP contribution in [-0.2, 0) is 9.84 Å². The molecule has 1 aliphatic rings. The molecule has 8 heteroatoms. The molecule has 1 fully saturated rings. The summed E-state index contributed by atoms with van der Waals surface area (Å²) in [7, 11) is -1.43. The van der Waals surface area contributed by atoms with E-state index in [2.05, 4.69) is 15.6 Å². The second kappa shape index (κ2) is 7.33. The van der Waals surface area contributed by atoms with Crippen LogP contribution in [0, 0.1) is 6.92 Å². The lowest BCUT2D eigenvalue weighted by molar-refractivity contribution is 0.102. The zero-order valence-electron chi connectivity index (χ0n) is 14.7. The molecule has 2 heterocycles. The molecule has 1 aromatic carbocycles. The van der Waals surface area contributed by atoms with Crippen LogP contribution in [0.4, 0.5) is 11.4 Å². The van der Waals surface area contributed by atoms with Gasteiger partial charge in [-0.15, -0.1) is 0 Å². The number of hydrogen-bond donors (Lipinski definition) is 2. The lowest BCUT2D eigenvalue weighted by Crippen LogP contribution is -2.21. The van der Waals surface area contributed by atoms with E-state index < -0.39 is 9.84 Å². The van der Waals surface area contributed by atoms with Gasteiger partial charge in [0.2, 0.25) is 0 Å². The molecule has 1 amide bonds. The molecule has 1 aromatic heterocycles. The van der Waals surface area contributed by atoms with Gasteiger partial charge in [0.15, 0.2) is 9.84 Å². The molecular weight excluding hydrogens is 354 g/mol. The fraction of sp³-hybridized carbons (Fsp3) is 0.333. The van der Waals surface area contributed by atoms with E-state index in [-0.39, 0.29) is 23.5 Å². The number of carbonyl (C=O) groups is 1. The van der Waals surface area contributed by atoms with Crippen molar-refractivity contribution < 1.29 is 17.9 Å². The van der Waals surface area contributed by atoms with Gasteiger partial charge < -0.3 is 15.4 Å².